The van der Waals surface area contributed by atoms with E-state index >= 15 is 0 Å². The van der Waals surface area contributed by atoms with Crippen molar-refractivity contribution in [2.75, 3.05) is 13.1 Å². The van der Waals surface area contributed by atoms with Crippen LogP contribution in [0, 0.1) is 11.2 Å². The van der Waals surface area contributed by atoms with Gasteiger partial charge in [0.2, 0.25) is 5.91 Å². The van der Waals surface area contributed by atoms with Crippen molar-refractivity contribution >= 4 is 5.91 Å². The van der Waals surface area contributed by atoms with Crippen molar-refractivity contribution in [1.29, 1.82) is 0 Å². The molecule has 2 rings (SSSR count). The Bertz CT molecular complexity index is 430. The van der Waals surface area contributed by atoms with Gasteiger partial charge in [-0.15, -0.1) is 0 Å². The molecule has 0 spiro atoms. The zero-order valence-corrected chi connectivity index (χ0v) is 10.4. The maximum absolute atomic E-state index is 13.4. The minimum absolute atomic E-state index is 0.103. The van der Waals surface area contributed by atoms with Crippen molar-refractivity contribution in [3.8, 4) is 0 Å². The monoisotopic (exact) mass is 250 g/mol. The van der Waals surface area contributed by atoms with E-state index < -0.39 is 0 Å². The summed E-state index contributed by atoms with van der Waals surface area (Å²) in [5.74, 6) is -0.445. The van der Waals surface area contributed by atoms with Crippen molar-refractivity contribution in [2.45, 2.75) is 25.7 Å². The Kier molecular flexibility index (Phi) is 3.97. The molecule has 1 aliphatic rings. The van der Waals surface area contributed by atoms with E-state index in [0.29, 0.717) is 18.7 Å². The van der Waals surface area contributed by atoms with Crippen LogP contribution in [0.1, 0.15) is 24.8 Å². The average molecular weight is 250 g/mol. The van der Waals surface area contributed by atoms with Crippen molar-refractivity contribution in [3.05, 3.63) is 35.6 Å². The van der Waals surface area contributed by atoms with E-state index in [0.717, 1.165) is 19.3 Å². The first-order valence-electron chi connectivity index (χ1n) is 6.35. The molecule has 3 nitrogen and oxygen atoms in total. The Morgan fingerprint density at radius 3 is 2.72 bits per heavy atom. The molecular formula is C14H19FN2O. The number of nitrogens with one attached hydrogen (secondary N) is 1. The summed E-state index contributed by atoms with van der Waals surface area (Å²) < 4.78 is 13.4. The van der Waals surface area contributed by atoms with Gasteiger partial charge in [-0.2, -0.15) is 0 Å². The third-order valence-corrected chi connectivity index (χ3v) is 3.60. The molecule has 0 saturated heterocycles. The third-order valence-electron chi connectivity index (χ3n) is 3.60. The molecule has 0 atom stereocenters. The summed E-state index contributed by atoms with van der Waals surface area (Å²) in [7, 11) is 0. The minimum Gasteiger partial charge on any atom is -0.355 e. The van der Waals surface area contributed by atoms with E-state index in [1.54, 1.807) is 18.2 Å². The number of carbonyl (C=O) groups excluding carboxylic acids is 1. The first-order valence-corrected chi connectivity index (χ1v) is 6.35. The Balaban J connectivity index is 1.81. The smallest absolute Gasteiger partial charge is 0.224 e. The van der Waals surface area contributed by atoms with Crippen LogP contribution in [0.4, 0.5) is 4.39 Å². The van der Waals surface area contributed by atoms with Gasteiger partial charge in [-0.05, 0) is 42.9 Å². The Hall–Kier alpha value is -1.42. The molecule has 98 valence electrons. The van der Waals surface area contributed by atoms with Gasteiger partial charge in [0.05, 0.1) is 6.42 Å². The van der Waals surface area contributed by atoms with Gasteiger partial charge in [-0.3, -0.25) is 4.79 Å². The van der Waals surface area contributed by atoms with Crippen LogP contribution in [0.3, 0.4) is 0 Å². The molecule has 4 heteroatoms. The summed E-state index contributed by atoms with van der Waals surface area (Å²) in [6.07, 6.45) is 3.31. The number of halogens is 1. The van der Waals surface area contributed by atoms with Crippen LogP contribution in [0.5, 0.6) is 0 Å². The van der Waals surface area contributed by atoms with E-state index in [1.165, 1.54) is 6.07 Å². The lowest BCUT2D eigenvalue weighted by atomic mass is 10.0. The van der Waals surface area contributed by atoms with E-state index in [4.69, 9.17) is 5.73 Å². The van der Waals surface area contributed by atoms with Crippen LogP contribution in [-0.4, -0.2) is 19.0 Å². The van der Waals surface area contributed by atoms with E-state index in [2.05, 4.69) is 5.32 Å². The SMILES string of the molecule is NCCC1(CNC(=O)Cc2ccccc2F)CC1. The highest BCUT2D eigenvalue weighted by molar-refractivity contribution is 5.78. The van der Waals surface area contributed by atoms with Gasteiger partial charge in [0.1, 0.15) is 5.82 Å². The molecule has 0 aliphatic heterocycles. The lowest BCUT2D eigenvalue weighted by molar-refractivity contribution is -0.120. The molecule has 0 radical (unpaired) electrons. The second kappa shape index (κ2) is 5.48. The zero-order chi connectivity index (χ0) is 13.0. The molecule has 0 aromatic heterocycles. The van der Waals surface area contributed by atoms with Crippen LogP contribution < -0.4 is 11.1 Å². The van der Waals surface area contributed by atoms with Crippen LogP contribution >= 0.6 is 0 Å². The van der Waals surface area contributed by atoms with E-state index in [1.807, 2.05) is 0 Å². The molecule has 18 heavy (non-hydrogen) atoms. The summed E-state index contributed by atoms with van der Waals surface area (Å²) >= 11 is 0. The number of hydrogen-bond donors (Lipinski definition) is 2. The molecule has 1 saturated carbocycles. The first kappa shape index (κ1) is 13.0. The van der Waals surface area contributed by atoms with Gasteiger partial charge >= 0.3 is 0 Å². The largest absolute Gasteiger partial charge is 0.355 e. The Morgan fingerprint density at radius 1 is 1.39 bits per heavy atom. The third kappa shape index (κ3) is 3.29. The average Bonchev–Trinajstić information content (AvgIpc) is 3.11. The van der Waals surface area contributed by atoms with E-state index in [-0.39, 0.29) is 23.6 Å². The maximum Gasteiger partial charge on any atom is 0.224 e. The molecule has 1 amide bonds. The summed E-state index contributed by atoms with van der Waals surface area (Å²) in [6, 6.07) is 6.38. The highest BCUT2D eigenvalue weighted by Gasteiger charge is 2.41. The van der Waals surface area contributed by atoms with Crippen LogP contribution in [0.2, 0.25) is 0 Å². The first-order chi connectivity index (χ1) is 8.65. The molecule has 1 aromatic carbocycles. The van der Waals surface area contributed by atoms with Gasteiger partial charge < -0.3 is 11.1 Å². The number of rotatable bonds is 6. The molecular weight excluding hydrogens is 231 g/mol. The fourth-order valence-electron chi connectivity index (χ4n) is 2.16. The highest BCUT2D eigenvalue weighted by atomic mass is 19.1. The molecule has 1 aliphatic carbocycles. The number of benzene rings is 1. The lowest BCUT2D eigenvalue weighted by Gasteiger charge is -2.14. The minimum atomic E-state index is -0.323. The second-order valence-corrected chi connectivity index (χ2v) is 5.08. The maximum atomic E-state index is 13.4. The van der Waals surface area contributed by atoms with Crippen molar-refractivity contribution in [3.63, 3.8) is 0 Å². The summed E-state index contributed by atoms with van der Waals surface area (Å²) in [6.45, 7) is 1.32. The summed E-state index contributed by atoms with van der Waals surface area (Å²) in [4.78, 5) is 11.7. The van der Waals surface area contributed by atoms with Gasteiger partial charge in [-0.25, -0.2) is 4.39 Å². The molecule has 1 fully saturated rings. The predicted octanol–water partition coefficient (Wildman–Crippen LogP) is 1.61. The number of carbonyl (C=O) groups is 1. The lowest BCUT2D eigenvalue weighted by Crippen LogP contribution is -2.32. The molecule has 0 unspecified atom stereocenters. The Morgan fingerprint density at radius 2 is 2.11 bits per heavy atom. The van der Waals surface area contributed by atoms with Crippen molar-refractivity contribution < 1.29 is 9.18 Å². The number of nitrogens with two attached hydrogens (primary N) is 1. The van der Waals surface area contributed by atoms with Crippen molar-refractivity contribution in [1.82, 2.24) is 5.32 Å². The van der Waals surface area contributed by atoms with Crippen molar-refractivity contribution in [2.24, 2.45) is 11.1 Å². The number of amides is 1. The normalized spacial score (nSPS) is 16.3. The van der Waals surface area contributed by atoms with Gasteiger partial charge in [0, 0.05) is 6.54 Å². The number of hydrogen-bond acceptors (Lipinski definition) is 2. The summed E-state index contributed by atoms with van der Waals surface area (Å²) in [5, 5.41) is 2.88. The van der Waals surface area contributed by atoms with Crippen LogP contribution in [0.15, 0.2) is 24.3 Å². The second-order valence-electron chi connectivity index (χ2n) is 5.08. The van der Waals surface area contributed by atoms with Crippen LogP contribution in [-0.2, 0) is 11.2 Å². The fourth-order valence-corrected chi connectivity index (χ4v) is 2.16. The Labute approximate surface area is 107 Å². The zero-order valence-electron chi connectivity index (χ0n) is 10.4. The van der Waals surface area contributed by atoms with Gasteiger partial charge in [0.15, 0.2) is 0 Å². The van der Waals surface area contributed by atoms with Gasteiger partial charge in [0.25, 0.3) is 0 Å². The van der Waals surface area contributed by atoms with Gasteiger partial charge in [-0.1, -0.05) is 18.2 Å². The molecule has 0 heterocycles. The summed E-state index contributed by atoms with van der Waals surface area (Å²) in [5.41, 5.74) is 6.21. The van der Waals surface area contributed by atoms with E-state index in [9.17, 15) is 9.18 Å². The molecule has 3 N–H and O–H groups in total. The molecule has 1 aromatic rings. The van der Waals surface area contributed by atoms with Crippen LogP contribution in [0.25, 0.3) is 0 Å². The standard InChI is InChI=1S/C14H19FN2O/c15-12-4-2-1-3-11(12)9-13(18)17-10-14(5-6-14)7-8-16/h1-4H,5-10,16H2,(H,17,18). The molecule has 0 bridgehead atoms. The fraction of sp³-hybridized carbons (Fsp3) is 0.500. The quantitative estimate of drug-likeness (QED) is 0.806. The topological polar surface area (TPSA) is 55.1 Å². The predicted molar refractivity (Wildman–Crippen MR) is 68.5 cm³/mol. The highest BCUT2D eigenvalue weighted by Crippen LogP contribution is 2.47.